The summed E-state index contributed by atoms with van der Waals surface area (Å²) in [6.45, 7) is 1.59. The van der Waals surface area contributed by atoms with Crippen LogP contribution in [0, 0.1) is 10.1 Å². The predicted molar refractivity (Wildman–Crippen MR) is 61.2 cm³/mol. The number of carboxylic acids is 1. The number of halogens is 1. The molecule has 0 bridgehead atoms. The molecule has 0 saturated carbocycles. The average Bonchev–Trinajstić information content (AvgIpc) is 2.19. The summed E-state index contributed by atoms with van der Waals surface area (Å²) in [6, 6.07) is 0.685. The molecule has 0 radical (unpaired) electrons. The molecule has 8 heteroatoms. The van der Waals surface area contributed by atoms with Crippen molar-refractivity contribution in [3.05, 3.63) is 27.4 Å². The predicted octanol–water partition coefficient (Wildman–Crippen LogP) is 1.92. The molecule has 17 heavy (non-hydrogen) atoms. The molecule has 0 aliphatic heterocycles. The first-order valence-corrected chi connectivity index (χ1v) is 5.06. The first-order valence-electron chi connectivity index (χ1n) is 4.68. The van der Waals surface area contributed by atoms with E-state index in [4.69, 9.17) is 16.7 Å². The molecule has 0 amide bonds. The number of rotatable bonds is 5. The van der Waals surface area contributed by atoms with E-state index in [2.05, 4.69) is 10.3 Å². The monoisotopic (exact) mass is 259 g/mol. The Morgan fingerprint density at radius 2 is 2.41 bits per heavy atom. The summed E-state index contributed by atoms with van der Waals surface area (Å²) in [5.74, 6) is -0.991. The number of nitrogens with one attached hydrogen (secondary N) is 1. The number of carboxylic acid groups (broad SMARTS) is 1. The van der Waals surface area contributed by atoms with Crippen molar-refractivity contribution >= 4 is 29.1 Å². The van der Waals surface area contributed by atoms with E-state index >= 15 is 0 Å². The zero-order valence-electron chi connectivity index (χ0n) is 8.88. The van der Waals surface area contributed by atoms with E-state index in [1.54, 1.807) is 6.92 Å². The summed E-state index contributed by atoms with van der Waals surface area (Å²) in [4.78, 5) is 24.3. The van der Waals surface area contributed by atoms with Gasteiger partial charge >= 0.3 is 11.7 Å². The van der Waals surface area contributed by atoms with Gasteiger partial charge in [0.2, 0.25) is 5.82 Å². The minimum atomic E-state index is -0.999. The van der Waals surface area contributed by atoms with Crippen LogP contribution >= 0.6 is 11.6 Å². The molecule has 2 N–H and O–H groups in total. The van der Waals surface area contributed by atoms with Crippen LogP contribution in [0.1, 0.15) is 13.3 Å². The second-order valence-corrected chi connectivity index (χ2v) is 3.86. The van der Waals surface area contributed by atoms with Crippen LogP contribution in [0.25, 0.3) is 0 Å². The fourth-order valence-corrected chi connectivity index (χ4v) is 1.38. The topological polar surface area (TPSA) is 105 Å². The number of pyridine rings is 1. The summed E-state index contributed by atoms with van der Waals surface area (Å²) >= 11 is 5.59. The molecule has 0 saturated heterocycles. The number of hydrogen-bond acceptors (Lipinski definition) is 5. The number of nitrogens with zero attached hydrogens (tertiary/aromatic N) is 2. The Morgan fingerprint density at radius 3 is 2.94 bits per heavy atom. The molecule has 1 atom stereocenters. The molecule has 7 nitrogen and oxygen atoms in total. The van der Waals surface area contributed by atoms with Gasteiger partial charge in [-0.25, -0.2) is 4.98 Å². The van der Waals surface area contributed by atoms with Crippen LogP contribution in [0.4, 0.5) is 11.5 Å². The lowest BCUT2D eigenvalue weighted by molar-refractivity contribution is -0.384. The van der Waals surface area contributed by atoms with Gasteiger partial charge in [-0.3, -0.25) is 14.9 Å². The van der Waals surface area contributed by atoms with Crippen LogP contribution in [0.3, 0.4) is 0 Å². The highest BCUT2D eigenvalue weighted by Crippen LogP contribution is 2.25. The second-order valence-electron chi connectivity index (χ2n) is 3.42. The SMILES string of the molecule is CC(CC(=O)O)Nc1ncc(Cl)cc1[N+](=O)[O-]. The minimum absolute atomic E-state index is 0.00755. The van der Waals surface area contributed by atoms with Gasteiger partial charge in [0.1, 0.15) is 0 Å². The highest BCUT2D eigenvalue weighted by atomic mass is 35.5. The fourth-order valence-electron chi connectivity index (χ4n) is 1.23. The van der Waals surface area contributed by atoms with E-state index in [0.717, 1.165) is 6.07 Å². The molecule has 1 unspecified atom stereocenters. The van der Waals surface area contributed by atoms with Crippen LogP contribution in [-0.2, 0) is 4.79 Å². The number of carbonyl (C=O) groups is 1. The minimum Gasteiger partial charge on any atom is -0.481 e. The Labute approximate surface area is 102 Å². The van der Waals surface area contributed by atoms with Gasteiger partial charge in [-0.1, -0.05) is 11.6 Å². The van der Waals surface area contributed by atoms with Crippen molar-refractivity contribution in [2.45, 2.75) is 19.4 Å². The third-order valence-electron chi connectivity index (χ3n) is 1.89. The molecule has 0 aromatic carbocycles. The molecule has 1 aromatic heterocycles. The Morgan fingerprint density at radius 1 is 1.76 bits per heavy atom. The highest BCUT2D eigenvalue weighted by Gasteiger charge is 2.18. The number of nitro groups is 1. The van der Waals surface area contributed by atoms with Gasteiger partial charge < -0.3 is 10.4 Å². The van der Waals surface area contributed by atoms with Crippen LogP contribution in [-0.4, -0.2) is 27.0 Å². The maximum Gasteiger partial charge on any atom is 0.312 e. The molecule has 1 heterocycles. The highest BCUT2D eigenvalue weighted by molar-refractivity contribution is 6.30. The molecule has 0 fully saturated rings. The van der Waals surface area contributed by atoms with Gasteiger partial charge in [0.15, 0.2) is 0 Å². The van der Waals surface area contributed by atoms with Crippen LogP contribution in [0.15, 0.2) is 12.3 Å². The summed E-state index contributed by atoms with van der Waals surface area (Å²) in [5, 5.41) is 22.1. The molecule has 1 aromatic rings. The van der Waals surface area contributed by atoms with Gasteiger partial charge in [0.25, 0.3) is 0 Å². The largest absolute Gasteiger partial charge is 0.481 e. The Balaban J connectivity index is 2.90. The van der Waals surface area contributed by atoms with E-state index in [9.17, 15) is 14.9 Å². The number of aromatic nitrogens is 1. The van der Waals surface area contributed by atoms with Gasteiger partial charge in [0, 0.05) is 18.3 Å². The third kappa shape index (κ3) is 3.87. The van der Waals surface area contributed by atoms with Crippen molar-refractivity contribution in [2.24, 2.45) is 0 Å². The quantitative estimate of drug-likeness (QED) is 0.618. The summed E-state index contributed by atoms with van der Waals surface area (Å²) in [5.41, 5.74) is -0.283. The van der Waals surface area contributed by atoms with E-state index in [0.29, 0.717) is 0 Å². The van der Waals surface area contributed by atoms with Crippen molar-refractivity contribution in [3.63, 3.8) is 0 Å². The van der Waals surface area contributed by atoms with E-state index in [1.807, 2.05) is 0 Å². The smallest absolute Gasteiger partial charge is 0.312 e. The van der Waals surface area contributed by atoms with E-state index < -0.39 is 16.9 Å². The van der Waals surface area contributed by atoms with Crippen LogP contribution < -0.4 is 5.32 Å². The number of anilines is 1. The summed E-state index contributed by atoms with van der Waals surface area (Å²) in [6.07, 6.45) is 1.09. The zero-order chi connectivity index (χ0) is 13.0. The maximum absolute atomic E-state index is 10.7. The fraction of sp³-hybridized carbons (Fsp3) is 0.333. The van der Waals surface area contributed by atoms with Gasteiger partial charge in [-0.05, 0) is 6.92 Å². The molecular weight excluding hydrogens is 250 g/mol. The molecular formula is C9H10ClN3O4. The molecule has 1 rings (SSSR count). The zero-order valence-corrected chi connectivity index (χ0v) is 9.64. The lowest BCUT2D eigenvalue weighted by Gasteiger charge is -2.11. The Kier molecular flexibility index (Phi) is 4.22. The lowest BCUT2D eigenvalue weighted by Crippen LogP contribution is -2.20. The van der Waals surface area contributed by atoms with Gasteiger partial charge in [-0.15, -0.1) is 0 Å². The molecule has 0 spiro atoms. The van der Waals surface area contributed by atoms with E-state index in [1.165, 1.54) is 6.20 Å². The van der Waals surface area contributed by atoms with Crippen molar-refractivity contribution in [1.29, 1.82) is 0 Å². The van der Waals surface area contributed by atoms with Crippen molar-refractivity contribution in [1.82, 2.24) is 4.98 Å². The molecule has 0 aliphatic carbocycles. The normalized spacial score (nSPS) is 11.9. The van der Waals surface area contributed by atoms with E-state index in [-0.39, 0.29) is 22.9 Å². The summed E-state index contributed by atoms with van der Waals surface area (Å²) in [7, 11) is 0. The van der Waals surface area contributed by atoms with Gasteiger partial charge in [0.05, 0.1) is 16.4 Å². The number of aliphatic carboxylic acids is 1. The number of hydrogen-bond donors (Lipinski definition) is 2. The molecule has 92 valence electrons. The lowest BCUT2D eigenvalue weighted by atomic mass is 10.2. The first kappa shape index (κ1) is 13.2. The summed E-state index contributed by atoms with van der Waals surface area (Å²) < 4.78 is 0. The Hall–Kier alpha value is -1.89. The molecule has 0 aliphatic rings. The van der Waals surface area contributed by atoms with Crippen LogP contribution in [0.2, 0.25) is 5.02 Å². The van der Waals surface area contributed by atoms with Gasteiger partial charge in [-0.2, -0.15) is 0 Å². The average molecular weight is 260 g/mol. The maximum atomic E-state index is 10.7. The standard InChI is InChI=1S/C9H10ClN3O4/c1-5(2-8(14)15)12-9-7(13(16)17)3-6(10)4-11-9/h3-5H,2H2,1H3,(H,11,12)(H,14,15). The third-order valence-corrected chi connectivity index (χ3v) is 2.10. The van der Waals surface area contributed by atoms with Crippen molar-refractivity contribution < 1.29 is 14.8 Å². The van der Waals surface area contributed by atoms with Crippen LogP contribution in [0.5, 0.6) is 0 Å². The van der Waals surface area contributed by atoms with Crippen molar-refractivity contribution in [3.8, 4) is 0 Å². The second kappa shape index (κ2) is 5.44. The first-order chi connectivity index (χ1) is 7.90. The Bertz CT molecular complexity index is 452. The van der Waals surface area contributed by atoms with Crippen molar-refractivity contribution in [2.75, 3.05) is 5.32 Å².